The van der Waals surface area contributed by atoms with Gasteiger partial charge in [-0.05, 0) is 40.5 Å². The van der Waals surface area contributed by atoms with Gasteiger partial charge in [0.15, 0.2) is 0 Å². The fourth-order valence-electron chi connectivity index (χ4n) is 1.39. The zero-order chi connectivity index (χ0) is 12.3. The zero-order valence-corrected chi connectivity index (χ0v) is 11.2. The number of ether oxygens (including phenoxy) is 1. The van der Waals surface area contributed by atoms with Crippen LogP contribution in [-0.2, 0) is 0 Å². The summed E-state index contributed by atoms with van der Waals surface area (Å²) in [5.74, 6) is 1.95. The molecule has 0 aliphatic heterocycles. The molecule has 0 aliphatic rings. The first-order chi connectivity index (χ1) is 8.20. The molecule has 5 heteroatoms. The summed E-state index contributed by atoms with van der Waals surface area (Å²) >= 11 is 3.40. The van der Waals surface area contributed by atoms with Crippen molar-refractivity contribution in [1.82, 2.24) is 9.97 Å². The second-order valence-corrected chi connectivity index (χ2v) is 4.30. The second-order valence-electron chi connectivity index (χ2n) is 3.51. The molecule has 88 valence electrons. The summed E-state index contributed by atoms with van der Waals surface area (Å²) in [6.07, 6.45) is 1.46. The number of benzene rings is 1. The largest absolute Gasteiger partial charge is 0.438 e. The van der Waals surface area contributed by atoms with Crippen molar-refractivity contribution in [3.8, 4) is 11.6 Å². The molecule has 1 aromatic heterocycles. The Bertz CT molecular complexity index is 531. The van der Waals surface area contributed by atoms with Crippen LogP contribution in [0.25, 0.3) is 0 Å². The lowest BCUT2D eigenvalue weighted by atomic mass is 10.2. The maximum absolute atomic E-state index is 5.69. The van der Waals surface area contributed by atoms with Crippen LogP contribution < -0.4 is 10.1 Å². The van der Waals surface area contributed by atoms with E-state index in [-0.39, 0.29) is 0 Å². The molecule has 2 rings (SSSR count). The highest BCUT2D eigenvalue weighted by Gasteiger charge is 2.09. The number of hydrogen-bond acceptors (Lipinski definition) is 4. The molecule has 0 saturated carbocycles. The predicted molar refractivity (Wildman–Crippen MR) is 70.5 cm³/mol. The van der Waals surface area contributed by atoms with Gasteiger partial charge in [0, 0.05) is 7.05 Å². The molecule has 0 atom stereocenters. The molecule has 0 unspecified atom stereocenters. The molecule has 0 fully saturated rings. The smallest absolute Gasteiger partial charge is 0.238 e. The summed E-state index contributed by atoms with van der Waals surface area (Å²) in [5, 5.41) is 2.95. The van der Waals surface area contributed by atoms with Crippen molar-refractivity contribution < 1.29 is 4.74 Å². The summed E-state index contributed by atoms with van der Waals surface area (Å²) in [4.78, 5) is 8.16. The van der Waals surface area contributed by atoms with Gasteiger partial charge in [0.1, 0.15) is 22.4 Å². The highest BCUT2D eigenvalue weighted by atomic mass is 79.9. The monoisotopic (exact) mass is 293 g/mol. The highest BCUT2D eigenvalue weighted by Crippen LogP contribution is 2.31. The molecule has 17 heavy (non-hydrogen) atoms. The molecule has 0 bridgehead atoms. The number of rotatable bonds is 3. The van der Waals surface area contributed by atoms with Crippen LogP contribution >= 0.6 is 15.9 Å². The molecule has 0 amide bonds. The Labute approximate surface area is 108 Å². The Hall–Kier alpha value is -1.62. The van der Waals surface area contributed by atoms with Gasteiger partial charge in [-0.1, -0.05) is 12.1 Å². The van der Waals surface area contributed by atoms with Crippen molar-refractivity contribution >= 4 is 21.7 Å². The van der Waals surface area contributed by atoms with Gasteiger partial charge in [-0.3, -0.25) is 0 Å². The molecular weight excluding hydrogens is 282 g/mol. The summed E-state index contributed by atoms with van der Waals surface area (Å²) in [7, 11) is 1.80. The Morgan fingerprint density at radius 2 is 2.12 bits per heavy atom. The van der Waals surface area contributed by atoms with Gasteiger partial charge in [-0.15, -0.1) is 0 Å². The fourth-order valence-corrected chi connectivity index (χ4v) is 1.87. The molecule has 1 aromatic carbocycles. The number of nitrogens with one attached hydrogen (secondary N) is 1. The molecule has 0 aliphatic carbocycles. The predicted octanol–water partition coefficient (Wildman–Crippen LogP) is 3.38. The third-order valence-corrected chi connectivity index (χ3v) is 2.91. The maximum atomic E-state index is 5.69. The van der Waals surface area contributed by atoms with Crippen molar-refractivity contribution in [2.45, 2.75) is 6.92 Å². The van der Waals surface area contributed by atoms with Gasteiger partial charge in [-0.2, -0.15) is 0 Å². The van der Waals surface area contributed by atoms with E-state index in [9.17, 15) is 0 Å². The van der Waals surface area contributed by atoms with E-state index in [1.165, 1.54) is 6.33 Å². The molecule has 0 spiro atoms. The van der Waals surface area contributed by atoms with Crippen LogP contribution in [0.4, 0.5) is 5.82 Å². The maximum Gasteiger partial charge on any atom is 0.238 e. The lowest BCUT2D eigenvalue weighted by molar-refractivity contribution is 0.458. The van der Waals surface area contributed by atoms with Crippen LogP contribution in [0.1, 0.15) is 5.56 Å². The van der Waals surface area contributed by atoms with Crippen molar-refractivity contribution in [3.63, 3.8) is 0 Å². The van der Waals surface area contributed by atoms with Gasteiger partial charge in [-0.25, -0.2) is 9.97 Å². The van der Waals surface area contributed by atoms with E-state index in [4.69, 9.17) is 4.74 Å². The van der Waals surface area contributed by atoms with E-state index in [2.05, 4.69) is 31.2 Å². The number of hydrogen-bond donors (Lipinski definition) is 1. The topological polar surface area (TPSA) is 47.0 Å². The summed E-state index contributed by atoms with van der Waals surface area (Å²) < 4.78 is 6.41. The number of anilines is 1. The first-order valence-electron chi connectivity index (χ1n) is 5.13. The quantitative estimate of drug-likeness (QED) is 0.942. The molecule has 0 saturated heterocycles. The average Bonchev–Trinajstić information content (AvgIpc) is 2.32. The van der Waals surface area contributed by atoms with Crippen LogP contribution in [0.5, 0.6) is 11.6 Å². The average molecular weight is 294 g/mol. The van der Waals surface area contributed by atoms with Gasteiger partial charge in [0.25, 0.3) is 0 Å². The lowest BCUT2D eigenvalue weighted by Crippen LogP contribution is -1.97. The standard InChI is InChI=1S/C12H12BrN3O/c1-8-4-3-5-9(6-8)17-12-10(13)11(14-2)15-7-16-12/h3-7H,1-2H3,(H,14,15,16). The van der Waals surface area contributed by atoms with Crippen LogP contribution in [0.15, 0.2) is 35.1 Å². The van der Waals surface area contributed by atoms with Gasteiger partial charge >= 0.3 is 0 Å². The second kappa shape index (κ2) is 5.14. The minimum absolute atomic E-state index is 0.495. The van der Waals surface area contributed by atoms with Gasteiger partial charge in [0.2, 0.25) is 5.88 Å². The van der Waals surface area contributed by atoms with Crippen molar-refractivity contribution in [1.29, 1.82) is 0 Å². The Morgan fingerprint density at radius 3 is 2.82 bits per heavy atom. The van der Waals surface area contributed by atoms with Crippen molar-refractivity contribution in [3.05, 3.63) is 40.6 Å². The van der Waals surface area contributed by atoms with Crippen molar-refractivity contribution in [2.24, 2.45) is 0 Å². The Balaban J connectivity index is 2.30. The first-order valence-corrected chi connectivity index (χ1v) is 5.93. The lowest BCUT2D eigenvalue weighted by Gasteiger charge is -2.09. The van der Waals surface area contributed by atoms with E-state index in [0.717, 1.165) is 11.3 Å². The fraction of sp³-hybridized carbons (Fsp3) is 0.167. The molecule has 2 aromatic rings. The number of aromatic nitrogens is 2. The summed E-state index contributed by atoms with van der Waals surface area (Å²) in [6, 6.07) is 7.80. The minimum atomic E-state index is 0.495. The number of nitrogens with zero attached hydrogens (tertiary/aromatic N) is 2. The molecule has 4 nitrogen and oxygen atoms in total. The first kappa shape index (κ1) is 11.9. The number of aryl methyl sites for hydroxylation is 1. The van der Waals surface area contributed by atoms with E-state index >= 15 is 0 Å². The molecular formula is C12H12BrN3O. The van der Waals surface area contributed by atoms with Crippen LogP contribution in [0, 0.1) is 6.92 Å². The van der Waals surface area contributed by atoms with Gasteiger partial charge in [0.05, 0.1) is 0 Å². The van der Waals surface area contributed by atoms with E-state index in [0.29, 0.717) is 16.2 Å². The summed E-state index contributed by atoms with van der Waals surface area (Å²) in [5.41, 5.74) is 1.14. The highest BCUT2D eigenvalue weighted by molar-refractivity contribution is 9.10. The normalized spacial score (nSPS) is 10.1. The number of halogens is 1. The van der Waals surface area contributed by atoms with E-state index in [1.54, 1.807) is 7.05 Å². The third kappa shape index (κ3) is 2.74. The Kier molecular flexibility index (Phi) is 3.58. The SMILES string of the molecule is CNc1ncnc(Oc2cccc(C)c2)c1Br. The molecule has 1 heterocycles. The van der Waals surface area contributed by atoms with E-state index < -0.39 is 0 Å². The van der Waals surface area contributed by atoms with Gasteiger partial charge < -0.3 is 10.1 Å². The van der Waals surface area contributed by atoms with Crippen LogP contribution in [0.2, 0.25) is 0 Å². The Morgan fingerprint density at radius 1 is 1.29 bits per heavy atom. The van der Waals surface area contributed by atoms with Crippen molar-refractivity contribution in [2.75, 3.05) is 12.4 Å². The van der Waals surface area contributed by atoms with E-state index in [1.807, 2.05) is 31.2 Å². The molecule has 1 N–H and O–H groups in total. The van der Waals surface area contributed by atoms with Crippen LogP contribution in [-0.4, -0.2) is 17.0 Å². The zero-order valence-electron chi connectivity index (χ0n) is 9.57. The minimum Gasteiger partial charge on any atom is -0.438 e. The third-order valence-electron chi connectivity index (χ3n) is 2.20. The molecule has 0 radical (unpaired) electrons. The van der Waals surface area contributed by atoms with Crippen LogP contribution in [0.3, 0.4) is 0 Å². The summed E-state index contributed by atoms with van der Waals surface area (Å²) in [6.45, 7) is 2.01.